The number of amides is 2. The molecule has 1 aromatic heterocycles. The van der Waals surface area contributed by atoms with Crippen molar-refractivity contribution in [3.05, 3.63) is 88.1 Å². The molecular weight excluding hydrogens is 459 g/mol. The van der Waals surface area contributed by atoms with Gasteiger partial charge in [0.05, 0.1) is 5.56 Å². The lowest BCUT2D eigenvalue weighted by Gasteiger charge is -2.11. The third kappa shape index (κ3) is 6.76. The molecule has 3 N–H and O–H groups in total. The maximum Gasteiger partial charge on any atom is 0.416 e. The van der Waals surface area contributed by atoms with Crippen molar-refractivity contribution in [2.75, 3.05) is 10.6 Å². The molecule has 32 heavy (non-hydrogen) atoms. The van der Waals surface area contributed by atoms with E-state index < -0.39 is 23.6 Å². The van der Waals surface area contributed by atoms with E-state index in [4.69, 9.17) is 12.2 Å². The van der Waals surface area contributed by atoms with Gasteiger partial charge in [-0.25, -0.2) is 0 Å². The van der Waals surface area contributed by atoms with Crippen LogP contribution in [0.4, 0.5) is 24.5 Å². The molecule has 0 aliphatic heterocycles. The monoisotopic (exact) mass is 475 g/mol. The highest BCUT2D eigenvalue weighted by atomic mass is 32.1. The van der Waals surface area contributed by atoms with Gasteiger partial charge in [-0.15, -0.1) is 11.3 Å². The first-order valence-electron chi connectivity index (χ1n) is 9.13. The summed E-state index contributed by atoms with van der Waals surface area (Å²) in [6.45, 7) is 0. The molecule has 0 unspecified atom stereocenters. The Kier molecular flexibility index (Phi) is 7.39. The molecular formula is C22H16F3N3O2S2. The minimum absolute atomic E-state index is 0.0338. The van der Waals surface area contributed by atoms with E-state index in [2.05, 4.69) is 16.0 Å². The van der Waals surface area contributed by atoms with Crippen LogP contribution >= 0.6 is 23.6 Å². The number of carbonyl (C=O) groups excluding carboxylic acids is 2. The molecule has 0 aliphatic carbocycles. The van der Waals surface area contributed by atoms with Crippen molar-refractivity contribution in [1.29, 1.82) is 0 Å². The number of nitrogens with one attached hydrogen (secondary N) is 3. The molecule has 0 spiro atoms. The summed E-state index contributed by atoms with van der Waals surface area (Å²) in [5, 5.41) is 9.73. The van der Waals surface area contributed by atoms with E-state index in [1.54, 1.807) is 18.2 Å². The summed E-state index contributed by atoms with van der Waals surface area (Å²) in [4.78, 5) is 25.1. The van der Waals surface area contributed by atoms with Crippen LogP contribution in [-0.2, 0) is 11.0 Å². The Morgan fingerprint density at radius 2 is 1.69 bits per heavy atom. The molecule has 164 valence electrons. The zero-order valence-corrected chi connectivity index (χ0v) is 17.9. The molecule has 3 aromatic rings. The van der Waals surface area contributed by atoms with Gasteiger partial charge in [0.15, 0.2) is 5.11 Å². The summed E-state index contributed by atoms with van der Waals surface area (Å²) in [7, 11) is 0. The minimum atomic E-state index is -4.50. The van der Waals surface area contributed by atoms with Gasteiger partial charge in [-0.3, -0.25) is 14.9 Å². The predicted molar refractivity (Wildman–Crippen MR) is 124 cm³/mol. The molecule has 1 heterocycles. The number of rotatable bonds is 5. The Morgan fingerprint density at radius 1 is 0.938 bits per heavy atom. The lowest BCUT2D eigenvalue weighted by Crippen LogP contribution is -2.32. The number of thiocarbonyl (C=S) groups is 1. The van der Waals surface area contributed by atoms with Crippen LogP contribution in [0.5, 0.6) is 0 Å². The van der Waals surface area contributed by atoms with Crippen molar-refractivity contribution >= 4 is 57.9 Å². The van der Waals surface area contributed by atoms with Crippen molar-refractivity contribution in [3.63, 3.8) is 0 Å². The minimum Gasteiger partial charge on any atom is -0.332 e. The summed E-state index contributed by atoms with van der Waals surface area (Å²) in [6, 6.07) is 14.2. The highest BCUT2D eigenvalue weighted by Crippen LogP contribution is 2.30. The van der Waals surface area contributed by atoms with Gasteiger partial charge in [0.25, 0.3) is 5.91 Å². The van der Waals surface area contributed by atoms with Crippen LogP contribution in [0, 0.1) is 0 Å². The second kappa shape index (κ2) is 10.2. The van der Waals surface area contributed by atoms with E-state index in [1.165, 1.54) is 41.7 Å². The Labute approximate surface area is 191 Å². The first-order chi connectivity index (χ1) is 15.2. The van der Waals surface area contributed by atoms with Crippen molar-refractivity contribution < 1.29 is 22.8 Å². The number of anilines is 2. The van der Waals surface area contributed by atoms with Gasteiger partial charge in [0, 0.05) is 27.9 Å². The molecule has 10 heteroatoms. The fourth-order valence-corrected chi connectivity index (χ4v) is 3.38. The second-order valence-electron chi connectivity index (χ2n) is 6.40. The standard InChI is InChI=1S/C22H16F3N3O2S2/c23-22(24,25)15-3-1-4-17(13-15)26-20(30)14-6-8-16(9-7-14)27-21(31)28-19(29)11-10-18-5-2-12-32-18/h1-13H,(H,26,30)(H2,27,28,29,31)/b11-10+. The van der Waals surface area contributed by atoms with Gasteiger partial charge >= 0.3 is 6.18 Å². The van der Waals surface area contributed by atoms with Gasteiger partial charge in [0.1, 0.15) is 0 Å². The van der Waals surface area contributed by atoms with Gasteiger partial charge < -0.3 is 10.6 Å². The molecule has 3 rings (SSSR count). The lowest BCUT2D eigenvalue weighted by atomic mass is 10.1. The van der Waals surface area contributed by atoms with Crippen molar-refractivity contribution in [2.45, 2.75) is 6.18 Å². The summed E-state index contributed by atoms with van der Waals surface area (Å²) in [6.07, 6.45) is -1.47. The number of halogens is 3. The van der Waals surface area contributed by atoms with Gasteiger partial charge in [-0.05, 0) is 72.2 Å². The maximum atomic E-state index is 12.8. The van der Waals surface area contributed by atoms with Crippen molar-refractivity contribution in [2.24, 2.45) is 0 Å². The van der Waals surface area contributed by atoms with Gasteiger partial charge in [-0.1, -0.05) is 12.1 Å². The fourth-order valence-electron chi connectivity index (χ4n) is 2.54. The zero-order valence-electron chi connectivity index (χ0n) is 16.3. The molecule has 0 aliphatic rings. The number of carbonyl (C=O) groups is 2. The fraction of sp³-hybridized carbons (Fsp3) is 0.0455. The number of thiophene rings is 1. The van der Waals surface area contributed by atoms with E-state index >= 15 is 0 Å². The largest absolute Gasteiger partial charge is 0.416 e. The Bertz CT molecular complexity index is 1140. The SMILES string of the molecule is O=C(/C=C/c1cccs1)NC(=S)Nc1ccc(C(=O)Nc2cccc(C(F)(F)F)c2)cc1. The summed E-state index contributed by atoms with van der Waals surface area (Å²) >= 11 is 6.59. The molecule has 0 saturated heterocycles. The molecule has 2 aromatic carbocycles. The molecule has 0 saturated carbocycles. The molecule has 0 fully saturated rings. The summed E-state index contributed by atoms with van der Waals surface area (Å²) in [5.74, 6) is -0.960. The Hall–Kier alpha value is -3.50. The highest BCUT2D eigenvalue weighted by molar-refractivity contribution is 7.80. The maximum absolute atomic E-state index is 12.8. The lowest BCUT2D eigenvalue weighted by molar-refractivity contribution is -0.137. The summed E-state index contributed by atoms with van der Waals surface area (Å²) in [5.41, 5.74) is -0.0582. The van der Waals surface area contributed by atoms with Crippen LogP contribution in [-0.4, -0.2) is 16.9 Å². The topological polar surface area (TPSA) is 70.2 Å². The number of alkyl halides is 3. The van der Waals surface area contributed by atoms with Gasteiger partial charge in [0.2, 0.25) is 5.91 Å². The van der Waals surface area contributed by atoms with Crippen molar-refractivity contribution in [3.8, 4) is 0 Å². The average Bonchev–Trinajstić information content (AvgIpc) is 3.26. The molecule has 0 atom stereocenters. The van der Waals surface area contributed by atoms with Crippen LogP contribution in [0.2, 0.25) is 0 Å². The van der Waals surface area contributed by atoms with Crippen LogP contribution in [0.15, 0.2) is 72.1 Å². The van der Waals surface area contributed by atoms with Crippen LogP contribution in [0.25, 0.3) is 6.08 Å². The second-order valence-corrected chi connectivity index (χ2v) is 7.79. The Morgan fingerprint density at radius 3 is 2.34 bits per heavy atom. The predicted octanol–water partition coefficient (Wildman–Crippen LogP) is 5.55. The quantitative estimate of drug-likeness (QED) is 0.335. The number of hydrogen-bond donors (Lipinski definition) is 3. The normalized spacial score (nSPS) is 11.2. The van der Waals surface area contributed by atoms with Crippen molar-refractivity contribution in [1.82, 2.24) is 5.32 Å². The molecule has 0 radical (unpaired) electrons. The zero-order chi connectivity index (χ0) is 23.1. The highest BCUT2D eigenvalue weighted by Gasteiger charge is 2.30. The van der Waals surface area contributed by atoms with Crippen LogP contribution in [0.1, 0.15) is 20.8 Å². The van der Waals surface area contributed by atoms with Gasteiger partial charge in [-0.2, -0.15) is 13.2 Å². The number of benzene rings is 2. The van der Waals surface area contributed by atoms with E-state index in [1.807, 2.05) is 17.5 Å². The van der Waals surface area contributed by atoms with Crippen LogP contribution in [0.3, 0.4) is 0 Å². The van der Waals surface area contributed by atoms with E-state index in [-0.39, 0.29) is 16.4 Å². The van der Waals surface area contributed by atoms with E-state index in [0.29, 0.717) is 5.69 Å². The first kappa shape index (κ1) is 23.2. The molecule has 0 bridgehead atoms. The summed E-state index contributed by atoms with van der Waals surface area (Å²) < 4.78 is 38.4. The van der Waals surface area contributed by atoms with E-state index in [9.17, 15) is 22.8 Å². The van der Waals surface area contributed by atoms with E-state index in [0.717, 1.165) is 17.0 Å². The molecule has 2 amide bonds. The first-order valence-corrected chi connectivity index (χ1v) is 10.4. The molecule has 5 nitrogen and oxygen atoms in total. The average molecular weight is 476 g/mol. The van der Waals surface area contributed by atoms with Crippen LogP contribution < -0.4 is 16.0 Å². The third-order valence-electron chi connectivity index (χ3n) is 4.03. The number of hydrogen-bond acceptors (Lipinski definition) is 4. The third-order valence-corrected chi connectivity index (χ3v) is 5.07. The smallest absolute Gasteiger partial charge is 0.332 e. The Balaban J connectivity index is 1.54.